The summed E-state index contributed by atoms with van der Waals surface area (Å²) in [5.74, 6) is 1.76. The van der Waals surface area contributed by atoms with Crippen molar-refractivity contribution in [1.82, 2.24) is 4.90 Å². The van der Waals surface area contributed by atoms with Crippen molar-refractivity contribution in [3.63, 3.8) is 0 Å². The first-order chi connectivity index (χ1) is 17.0. The lowest BCUT2D eigenvalue weighted by atomic mass is 9.82. The Morgan fingerprint density at radius 1 is 1.00 bits per heavy atom. The molecule has 1 unspecified atom stereocenters. The highest BCUT2D eigenvalue weighted by Crippen LogP contribution is 2.44. The highest BCUT2D eigenvalue weighted by molar-refractivity contribution is 6.12. The Hall–Kier alpha value is -3.03. The van der Waals surface area contributed by atoms with E-state index in [2.05, 4.69) is 29.2 Å². The Morgan fingerprint density at radius 3 is 2.49 bits per heavy atom. The largest absolute Gasteiger partial charge is 0.493 e. The SMILES string of the molecule is COc1cc2c3c(c4ccc(OCCOC(=O)[C@H](C)N)cc4c2cc1OC)CN1CCCCC1C3. The third-order valence-corrected chi connectivity index (χ3v) is 7.34. The van der Waals surface area contributed by atoms with Gasteiger partial charge in [-0.3, -0.25) is 9.69 Å². The molecule has 1 saturated heterocycles. The second-order valence-electron chi connectivity index (χ2n) is 9.55. The Labute approximate surface area is 206 Å². The van der Waals surface area contributed by atoms with E-state index in [1.165, 1.54) is 41.2 Å². The maximum absolute atomic E-state index is 11.6. The summed E-state index contributed by atoms with van der Waals surface area (Å²) < 4.78 is 22.4. The Bertz CT molecular complexity index is 1260. The van der Waals surface area contributed by atoms with Crippen molar-refractivity contribution in [2.45, 2.75) is 51.2 Å². The van der Waals surface area contributed by atoms with Crippen LogP contribution in [0.2, 0.25) is 0 Å². The molecule has 3 aromatic carbocycles. The quantitative estimate of drug-likeness (QED) is 0.310. The van der Waals surface area contributed by atoms with E-state index in [0.29, 0.717) is 11.8 Å². The first-order valence-electron chi connectivity index (χ1n) is 12.4. The fourth-order valence-corrected chi connectivity index (χ4v) is 5.56. The van der Waals surface area contributed by atoms with Gasteiger partial charge in [-0.25, -0.2) is 0 Å². The molecular formula is C28H34N2O5. The average Bonchev–Trinajstić information content (AvgIpc) is 2.89. The van der Waals surface area contributed by atoms with Gasteiger partial charge >= 0.3 is 5.97 Å². The summed E-state index contributed by atoms with van der Waals surface area (Å²) in [5.41, 5.74) is 8.37. The number of hydrogen-bond acceptors (Lipinski definition) is 7. The summed E-state index contributed by atoms with van der Waals surface area (Å²) in [6, 6.07) is 10.4. The van der Waals surface area contributed by atoms with Crippen LogP contribution < -0.4 is 19.9 Å². The molecule has 5 rings (SSSR count). The van der Waals surface area contributed by atoms with Crippen LogP contribution in [0.3, 0.4) is 0 Å². The molecule has 0 aliphatic carbocycles. The van der Waals surface area contributed by atoms with Crippen LogP contribution >= 0.6 is 0 Å². The van der Waals surface area contributed by atoms with Gasteiger partial charge < -0.3 is 24.7 Å². The lowest BCUT2D eigenvalue weighted by Crippen LogP contribution is -2.43. The van der Waals surface area contributed by atoms with Crippen molar-refractivity contribution in [3.8, 4) is 17.2 Å². The zero-order valence-corrected chi connectivity index (χ0v) is 20.8. The van der Waals surface area contributed by atoms with Crippen molar-refractivity contribution in [3.05, 3.63) is 41.5 Å². The monoisotopic (exact) mass is 478 g/mol. The van der Waals surface area contributed by atoms with Gasteiger partial charge in [-0.1, -0.05) is 12.5 Å². The van der Waals surface area contributed by atoms with Crippen molar-refractivity contribution in [1.29, 1.82) is 0 Å². The van der Waals surface area contributed by atoms with Gasteiger partial charge in [-0.15, -0.1) is 0 Å². The fourth-order valence-electron chi connectivity index (χ4n) is 5.56. The van der Waals surface area contributed by atoms with Crippen molar-refractivity contribution < 1.29 is 23.7 Å². The Balaban J connectivity index is 1.57. The predicted molar refractivity (Wildman–Crippen MR) is 136 cm³/mol. The van der Waals surface area contributed by atoms with Crippen molar-refractivity contribution in [2.75, 3.05) is 34.0 Å². The molecule has 2 aliphatic rings. The van der Waals surface area contributed by atoms with E-state index in [4.69, 9.17) is 24.7 Å². The van der Waals surface area contributed by atoms with Gasteiger partial charge in [-0.2, -0.15) is 0 Å². The van der Waals surface area contributed by atoms with E-state index in [1.54, 1.807) is 21.1 Å². The molecule has 0 aromatic heterocycles. The number of piperidine rings is 1. The molecule has 0 spiro atoms. The molecule has 2 heterocycles. The standard InChI is InChI=1S/C28H34N2O5/c1-17(29)28(31)35-11-10-34-19-7-8-20-22(13-19)24-15-27(33-3)26(32-2)14-23(24)21-12-18-6-4-5-9-30(18)16-25(20)21/h7-8,13-15,17-18H,4-6,9-12,16,29H2,1-3H3/t17-,18?/m0/s1. The van der Waals surface area contributed by atoms with E-state index in [0.717, 1.165) is 41.8 Å². The van der Waals surface area contributed by atoms with Gasteiger partial charge in [0.15, 0.2) is 11.5 Å². The summed E-state index contributed by atoms with van der Waals surface area (Å²) in [4.78, 5) is 14.2. The maximum Gasteiger partial charge on any atom is 0.322 e. The zero-order valence-electron chi connectivity index (χ0n) is 20.8. The summed E-state index contributed by atoms with van der Waals surface area (Å²) in [6.07, 6.45) is 4.89. The number of ether oxygens (including phenoxy) is 4. The van der Waals surface area contributed by atoms with Crippen LogP contribution in [0.5, 0.6) is 17.2 Å². The van der Waals surface area contributed by atoms with Crippen LogP contribution in [0, 0.1) is 0 Å². The topological polar surface area (TPSA) is 83.2 Å². The van der Waals surface area contributed by atoms with Crippen LogP contribution in [0.15, 0.2) is 30.3 Å². The van der Waals surface area contributed by atoms with Crippen LogP contribution in [-0.2, 0) is 22.5 Å². The average molecular weight is 479 g/mol. The van der Waals surface area contributed by atoms with E-state index in [9.17, 15) is 4.79 Å². The number of fused-ring (bicyclic) bond motifs is 7. The number of nitrogens with two attached hydrogens (primary N) is 1. The van der Waals surface area contributed by atoms with Gasteiger partial charge in [0.25, 0.3) is 0 Å². The highest BCUT2D eigenvalue weighted by Gasteiger charge is 2.31. The second-order valence-corrected chi connectivity index (χ2v) is 9.55. The van der Waals surface area contributed by atoms with Crippen LogP contribution in [0.1, 0.15) is 37.3 Å². The van der Waals surface area contributed by atoms with Gasteiger partial charge in [0.1, 0.15) is 25.0 Å². The number of rotatable bonds is 7. The van der Waals surface area contributed by atoms with Gasteiger partial charge in [0.2, 0.25) is 0 Å². The molecule has 2 aliphatic heterocycles. The molecule has 0 radical (unpaired) electrons. The number of methoxy groups -OCH3 is 2. The number of benzene rings is 3. The minimum atomic E-state index is -0.639. The van der Waals surface area contributed by atoms with Crippen molar-refractivity contribution >= 4 is 27.5 Å². The lowest BCUT2D eigenvalue weighted by Gasteiger charge is -2.41. The third kappa shape index (κ3) is 4.50. The lowest BCUT2D eigenvalue weighted by molar-refractivity contribution is -0.145. The van der Waals surface area contributed by atoms with E-state index < -0.39 is 12.0 Å². The number of esters is 1. The first-order valence-corrected chi connectivity index (χ1v) is 12.4. The molecule has 2 N–H and O–H groups in total. The highest BCUT2D eigenvalue weighted by atomic mass is 16.6. The van der Waals surface area contributed by atoms with Crippen LogP contribution in [-0.4, -0.2) is 56.9 Å². The molecule has 3 aromatic rings. The van der Waals surface area contributed by atoms with Gasteiger partial charge in [0.05, 0.1) is 14.2 Å². The number of carbonyl (C=O) groups excluding carboxylic acids is 1. The maximum atomic E-state index is 11.6. The first kappa shape index (κ1) is 23.7. The molecule has 2 atom stereocenters. The number of carbonyl (C=O) groups is 1. The van der Waals surface area contributed by atoms with Crippen LogP contribution in [0.4, 0.5) is 0 Å². The van der Waals surface area contributed by atoms with Crippen molar-refractivity contribution in [2.24, 2.45) is 5.73 Å². The van der Waals surface area contributed by atoms with Crippen LogP contribution in [0.25, 0.3) is 21.5 Å². The minimum Gasteiger partial charge on any atom is -0.493 e. The summed E-state index contributed by atoms with van der Waals surface area (Å²) in [5, 5.41) is 4.73. The van der Waals surface area contributed by atoms with Gasteiger partial charge in [0, 0.05) is 12.6 Å². The van der Waals surface area contributed by atoms with Gasteiger partial charge in [-0.05, 0) is 89.7 Å². The second kappa shape index (κ2) is 9.91. The minimum absolute atomic E-state index is 0.157. The predicted octanol–water partition coefficient (Wildman–Crippen LogP) is 4.19. The fraction of sp³-hybridized carbons (Fsp3) is 0.464. The van der Waals surface area contributed by atoms with E-state index in [1.807, 2.05) is 6.07 Å². The molecule has 0 bridgehead atoms. The molecule has 1 fully saturated rings. The number of hydrogen-bond donors (Lipinski definition) is 1. The summed E-state index contributed by atoms with van der Waals surface area (Å²) in [6.45, 7) is 4.16. The normalized spacial score (nSPS) is 18.6. The molecular weight excluding hydrogens is 444 g/mol. The molecule has 7 heteroatoms. The molecule has 7 nitrogen and oxygen atoms in total. The molecule has 0 saturated carbocycles. The molecule has 0 amide bonds. The van der Waals surface area contributed by atoms with E-state index >= 15 is 0 Å². The third-order valence-electron chi connectivity index (χ3n) is 7.34. The molecule has 35 heavy (non-hydrogen) atoms. The molecule has 186 valence electrons. The summed E-state index contributed by atoms with van der Waals surface area (Å²) in [7, 11) is 3.35. The Kier molecular flexibility index (Phi) is 6.71. The van der Waals surface area contributed by atoms with E-state index in [-0.39, 0.29) is 13.2 Å². The number of nitrogens with zero attached hydrogens (tertiary/aromatic N) is 1. The summed E-state index contributed by atoms with van der Waals surface area (Å²) >= 11 is 0. The smallest absolute Gasteiger partial charge is 0.322 e. The zero-order chi connectivity index (χ0) is 24.5. The Morgan fingerprint density at radius 2 is 1.74 bits per heavy atom.